The molecule has 1 saturated heterocycles. The summed E-state index contributed by atoms with van der Waals surface area (Å²) in [5.41, 5.74) is 0. The van der Waals surface area contributed by atoms with E-state index in [9.17, 15) is 8.42 Å². The van der Waals surface area contributed by atoms with E-state index in [2.05, 4.69) is 9.71 Å². The first kappa shape index (κ1) is 17.9. The Labute approximate surface area is 147 Å². The molecule has 1 aliphatic carbocycles. The highest BCUT2D eigenvalue weighted by molar-refractivity contribution is 7.89. The van der Waals surface area contributed by atoms with Crippen LogP contribution < -0.4 is 9.46 Å². The quantitative estimate of drug-likeness (QED) is 0.827. The minimum absolute atomic E-state index is 0.0244. The number of pyridine rings is 1. The Bertz CT molecular complexity index is 641. The molecule has 1 saturated carbocycles. The SMILES string of the molecule is O=S(=O)(C[C@H]1CCCO1)NC1CCC(Oc2ncccc2Cl)CC1. The van der Waals surface area contributed by atoms with Crippen LogP contribution in [0, 0.1) is 0 Å². The normalized spacial score (nSPS) is 28.0. The van der Waals surface area contributed by atoms with Gasteiger partial charge in [-0.05, 0) is 50.7 Å². The first-order valence-corrected chi connectivity index (χ1v) is 10.4. The van der Waals surface area contributed by atoms with Crippen molar-refractivity contribution in [2.75, 3.05) is 12.4 Å². The number of aromatic nitrogens is 1. The van der Waals surface area contributed by atoms with Gasteiger partial charge in [0.2, 0.25) is 15.9 Å². The maximum absolute atomic E-state index is 12.2. The summed E-state index contributed by atoms with van der Waals surface area (Å²) in [5, 5.41) is 0.497. The summed E-state index contributed by atoms with van der Waals surface area (Å²) in [6, 6.07) is 3.47. The number of sulfonamides is 1. The molecule has 0 aromatic carbocycles. The third-order valence-electron chi connectivity index (χ3n) is 4.45. The van der Waals surface area contributed by atoms with E-state index >= 15 is 0 Å². The van der Waals surface area contributed by atoms with Crippen molar-refractivity contribution in [3.8, 4) is 5.88 Å². The summed E-state index contributed by atoms with van der Waals surface area (Å²) in [6.45, 7) is 0.665. The van der Waals surface area contributed by atoms with Crippen LogP contribution in [0.4, 0.5) is 0 Å². The summed E-state index contributed by atoms with van der Waals surface area (Å²) >= 11 is 6.05. The van der Waals surface area contributed by atoms with Gasteiger partial charge in [-0.15, -0.1) is 0 Å². The molecule has 2 heterocycles. The fraction of sp³-hybridized carbons (Fsp3) is 0.688. The number of nitrogens with one attached hydrogen (secondary N) is 1. The lowest BCUT2D eigenvalue weighted by molar-refractivity contribution is 0.126. The maximum Gasteiger partial charge on any atom is 0.232 e. The molecule has 1 aromatic rings. The van der Waals surface area contributed by atoms with Crippen molar-refractivity contribution in [3.63, 3.8) is 0 Å². The Balaban J connectivity index is 1.45. The largest absolute Gasteiger partial charge is 0.473 e. The molecule has 134 valence electrons. The van der Waals surface area contributed by atoms with Crippen LogP contribution in [-0.4, -0.2) is 44.0 Å². The van der Waals surface area contributed by atoms with E-state index in [1.54, 1.807) is 18.3 Å². The molecule has 0 unspecified atom stereocenters. The Kier molecular flexibility index (Phi) is 5.97. The van der Waals surface area contributed by atoms with Gasteiger partial charge in [0.25, 0.3) is 0 Å². The van der Waals surface area contributed by atoms with Crippen LogP contribution in [0.15, 0.2) is 18.3 Å². The van der Waals surface area contributed by atoms with E-state index in [-0.39, 0.29) is 24.0 Å². The van der Waals surface area contributed by atoms with Crippen molar-refractivity contribution in [3.05, 3.63) is 23.4 Å². The zero-order chi connectivity index (χ0) is 17.0. The Hall–Kier alpha value is -0.890. The number of hydrogen-bond donors (Lipinski definition) is 1. The molecular weight excluding hydrogens is 352 g/mol. The molecule has 3 rings (SSSR count). The van der Waals surface area contributed by atoms with Crippen molar-refractivity contribution in [1.82, 2.24) is 9.71 Å². The molecule has 0 spiro atoms. The van der Waals surface area contributed by atoms with Gasteiger partial charge < -0.3 is 9.47 Å². The zero-order valence-electron chi connectivity index (χ0n) is 13.5. The molecule has 1 N–H and O–H groups in total. The van der Waals surface area contributed by atoms with Gasteiger partial charge in [-0.1, -0.05) is 11.6 Å². The number of hydrogen-bond acceptors (Lipinski definition) is 5. The average Bonchev–Trinajstić information content (AvgIpc) is 3.03. The number of nitrogens with zero attached hydrogens (tertiary/aromatic N) is 1. The number of ether oxygens (including phenoxy) is 2. The summed E-state index contributed by atoms with van der Waals surface area (Å²) in [6.07, 6.45) is 6.33. The van der Waals surface area contributed by atoms with E-state index in [0.717, 1.165) is 38.5 Å². The molecule has 0 radical (unpaired) electrons. The van der Waals surface area contributed by atoms with Gasteiger partial charge in [-0.25, -0.2) is 18.1 Å². The molecular formula is C16H23ClN2O4S. The van der Waals surface area contributed by atoms with Crippen molar-refractivity contribution in [2.45, 2.75) is 56.8 Å². The van der Waals surface area contributed by atoms with Gasteiger partial charge in [-0.3, -0.25) is 0 Å². The monoisotopic (exact) mass is 374 g/mol. The predicted octanol–water partition coefficient (Wildman–Crippen LogP) is 2.52. The van der Waals surface area contributed by atoms with Crippen LogP contribution in [-0.2, 0) is 14.8 Å². The van der Waals surface area contributed by atoms with Crippen molar-refractivity contribution in [1.29, 1.82) is 0 Å². The highest BCUT2D eigenvalue weighted by Gasteiger charge is 2.29. The van der Waals surface area contributed by atoms with Crippen LogP contribution in [0.5, 0.6) is 5.88 Å². The summed E-state index contributed by atoms with van der Waals surface area (Å²) in [4.78, 5) is 4.13. The second-order valence-electron chi connectivity index (χ2n) is 6.42. The summed E-state index contributed by atoms with van der Waals surface area (Å²) in [5.74, 6) is 0.508. The average molecular weight is 375 g/mol. The third-order valence-corrected chi connectivity index (χ3v) is 6.24. The van der Waals surface area contributed by atoms with E-state index < -0.39 is 10.0 Å². The first-order chi connectivity index (χ1) is 11.5. The topological polar surface area (TPSA) is 77.5 Å². The van der Waals surface area contributed by atoms with Crippen molar-refractivity contribution < 1.29 is 17.9 Å². The summed E-state index contributed by atoms with van der Waals surface area (Å²) < 4.78 is 38.5. The maximum atomic E-state index is 12.2. The first-order valence-electron chi connectivity index (χ1n) is 8.40. The Morgan fingerprint density at radius 2 is 2.08 bits per heavy atom. The second-order valence-corrected chi connectivity index (χ2v) is 8.62. The highest BCUT2D eigenvalue weighted by atomic mass is 35.5. The van der Waals surface area contributed by atoms with Crippen molar-refractivity contribution >= 4 is 21.6 Å². The lowest BCUT2D eigenvalue weighted by atomic mass is 9.94. The lowest BCUT2D eigenvalue weighted by Gasteiger charge is -2.29. The zero-order valence-corrected chi connectivity index (χ0v) is 15.1. The Morgan fingerprint density at radius 1 is 1.29 bits per heavy atom. The smallest absolute Gasteiger partial charge is 0.232 e. The molecule has 2 fully saturated rings. The van der Waals surface area contributed by atoms with Crippen LogP contribution in [0.1, 0.15) is 38.5 Å². The number of rotatable bonds is 6. The van der Waals surface area contributed by atoms with E-state index in [0.29, 0.717) is 17.5 Å². The van der Waals surface area contributed by atoms with Crippen molar-refractivity contribution in [2.24, 2.45) is 0 Å². The van der Waals surface area contributed by atoms with Crippen LogP contribution >= 0.6 is 11.6 Å². The molecule has 8 heteroatoms. The fourth-order valence-corrected chi connectivity index (χ4v) is 5.00. The van der Waals surface area contributed by atoms with Crippen LogP contribution in [0.3, 0.4) is 0 Å². The molecule has 1 aliphatic heterocycles. The van der Waals surface area contributed by atoms with Crippen LogP contribution in [0.2, 0.25) is 5.02 Å². The van der Waals surface area contributed by atoms with Gasteiger partial charge in [0.15, 0.2) is 0 Å². The second kappa shape index (κ2) is 7.99. The standard InChI is InChI=1S/C16H23ClN2O4S/c17-15-4-1-9-18-16(15)23-13-7-5-12(6-8-13)19-24(20,21)11-14-3-2-10-22-14/h1,4,9,12-14,19H,2-3,5-8,10-11H2/t12?,13?,14-/m1/s1. The van der Waals surface area contributed by atoms with E-state index in [4.69, 9.17) is 21.1 Å². The predicted molar refractivity (Wildman–Crippen MR) is 91.8 cm³/mol. The molecule has 1 atom stereocenters. The van der Waals surface area contributed by atoms with Gasteiger partial charge >= 0.3 is 0 Å². The van der Waals surface area contributed by atoms with Crippen LogP contribution in [0.25, 0.3) is 0 Å². The minimum atomic E-state index is -3.30. The summed E-state index contributed by atoms with van der Waals surface area (Å²) in [7, 11) is -3.30. The van der Waals surface area contributed by atoms with E-state index in [1.807, 2.05) is 0 Å². The molecule has 1 aromatic heterocycles. The molecule has 2 aliphatic rings. The van der Waals surface area contributed by atoms with Gasteiger partial charge in [-0.2, -0.15) is 0 Å². The fourth-order valence-electron chi connectivity index (χ4n) is 3.24. The Morgan fingerprint density at radius 3 is 2.75 bits per heavy atom. The van der Waals surface area contributed by atoms with E-state index in [1.165, 1.54) is 0 Å². The minimum Gasteiger partial charge on any atom is -0.473 e. The molecule has 0 bridgehead atoms. The third kappa shape index (κ3) is 5.05. The van der Waals surface area contributed by atoms with Gasteiger partial charge in [0, 0.05) is 18.8 Å². The van der Waals surface area contributed by atoms with Gasteiger partial charge in [0.1, 0.15) is 11.1 Å². The highest BCUT2D eigenvalue weighted by Crippen LogP contribution is 2.27. The number of halogens is 1. The molecule has 24 heavy (non-hydrogen) atoms. The lowest BCUT2D eigenvalue weighted by Crippen LogP contribution is -2.42. The van der Waals surface area contributed by atoms with Gasteiger partial charge in [0.05, 0.1) is 11.9 Å². The molecule has 6 nitrogen and oxygen atoms in total. The molecule has 0 amide bonds.